The molecule has 0 radical (unpaired) electrons. The molecule has 1 N–H and O–H groups in total. The van der Waals surface area contributed by atoms with Crippen LogP contribution in [0.25, 0.3) is 0 Å². The minimum atomic E-state index is -0.776. The lowest BCUT2D eigenvalue weighted by molar-refractivity contribution is 0.176. The summed E-state index contributed by atoms with van der Waals surface area (Å²) in [6.45, 7) is 1.94. The summed E-state index contributed by atoms with van der Waals surface area (Å²) in [5.41, 5.74) is 2.19. The molecule has 0 aromatic heterocycles. The fourth-order valence-corrected chi connectivity index (χ4v) is 2.67. The Kier molecular flexibility index (Phi) is 4.61. The lowest BCUT2D eigenvalue weighted by atomic mass is 10.00. The Labute approximate surface area is 125 Å². The van der Waals surface area contributed by atoms with Crippen molar-refractivity contribution in [1.82, 2.24) is 0 Å². The van der Waals surface area contributed by atoms with Gasteiger partial charge in [-0.25, -0.2) is 4.39 Å². The average Bonchev–Trinajstić information content (AvgIpc) is 2.37. The summed E-state index contributed by atoms with van der Waals surface area (Å²) < 4.78 is 14.5. The first-order valence-electron chi connectivity index (χ1n) is 5.86. The summed E-state index contributed by atoms with van der Waals surface area (Å²) in [7, 11) is 0. The van der Waals surface area contributed by atoms with Crippen LogP contribution < -0.4 is 0 Å². The molecule has 0 spiro atoms. The minimum Gasteiger partial charge on any atom is -0.388 e. The summed E-state index contributed by atoms with van der Waals surface area (Å²) in [6, 6.07) is 9.99. The Morgan fingerprint density at radius 2 is 2.05 bits per heavy atom. The molecule has 0 heterocycles. The summed E-state index contributed by atoms with van der Waals surface area (Å²) in [6.07, 6.45) is -0.587. The average molecular weight is 344 g/mol. The van der Waals surface area contributed by atoms with E-state index in [4.69, 9.17) is 11.6 Å². The monoisotopic (exact) mass is 342 g/mol. The van der Waals surface area contributed by atoms with Crippen LogP contribution in [0.2, 0.25) is 5.02 Å². The predicted octanol–water partition coefficient (Wildman–Crippen LogP) is 4.83. The number of halogens is 3. The van der Waals surface area contributed by atoms with E-state index in [1.165, 1.54) is 12.1 Å². The molecule has 0 saturated heterocycles. The van der Waals surface area contributed by atoms with Crippen LogP contribution in [-0.2, 0) is 6.42 Å². The van der Waals surface area contributed by atoms with Gasteiger partial charge in [0.25, 0.3) is 0 Å². The van der Waals surface area contributed by atoms with Crippen LogP contribution in [0.5, 0.6) is 0 Å². The Balaban J connectivity index is 2.28. The molecule has 0 saturated carbocycles. The summed E-state index contributed by atoms with van der Waals surface area (Å²) in [5.74, 6) is -0.354. The van der Waals surface area contributed by atoms with Gasteiger partial charge in [-0.2, -0.15) is 0 Å². The molecule has 0 aliphatic heterocycles. The number of benzene rings is 2. The fourth-order valence-electron chi connectivity index (χ4n) is 1.95. The number of aliphatic hydroxyl groups is 1. The van der Waals surface area contributed by atoms with Crippen LogP contribution in [0.1, 0.15) is 22.8 Å². The second-order valence-corrected chi connectivity index (χ2v) is 5.66. The van der Waals surface area contributed by atoms with E-state index >= 15 is 0 Å². The van der Waals surface area contributed by atoms with E-state index in [-0.39, 0.29) is 12.2 Å². The van der Waals surface area contributed by atoms with Crippen molar-refractivity contribution >= 4 is 27.5 Å². The van der Waals surface area contributed by atoms with Gasteiger partial charge < -0.3 is 5.11 Å². The van der Waals surface area contributed by atoms with Crippen LogP contribution in [0.3, 0.4) is 0 Å². The van der Waals surface area contributed by atoms with Gasteiger partial charge in [0.05, 0.1) is 6.10 Å². The lowest BCUT2D eigenvalue weighted by Gasteiger charge is -2.15. The van der Waals surface area contributed by atoms with Gasteiger partial charge in [-0.05, 0) is 41.8 Å². The largest absolute Gasteiger partial charge is 0.388 e. The molecule has 0 bridgehead atoms. The summed E-state index contributed by atoms with van der Waals surface area (Å²) in [4.78, 5) is 0. The molecule has 0 aliphatic carbocycles. The standard InChI is InChI=1S/C15H13BrClFO/c1-9-3-2-4-12(15(9)16)14(19)8-10-7-11(17)5-6-13(10)18/h2-7,14,19H,8H2,1H3. The van der Waals surface area contributed by atoms with Crippen molar-refractivity contribution in [3.8, 4) is 0 Å². The van der Waals surface area contributed by atoms with Crippen LogP contribution in [-0.4, -0.2) is 5.11 Å². The van der Waals surface area contributed by atoms with E-state index in [9.17, 15) is 9.50 Å². The topological polar surface area (TPSA) is 20.2 Å². The van der Waals surface area contributed by atoms with Crippen molar-refractivity contribution in [2.24, 2.45) is 0 Å². The predicted molar refractivity (Wildman–Crippen MR) is 79.0 cm³/mol. The van der Waals surface area contributed by atoms with Gasteiger partial charge >= 0.3 is 0 Å². The quantitative estimate of drug-likeness (QED) is 0.846. The van der Waals surface area contributed by atoms with E-state index in [0.717, 1.165) is 15.6 Å². The second-order valence-electron chi connectivity index (χ2n) is 4.43. The SMILES string of the molecule is Cc1cccc(C(O)Cc2cc(Cl)ccc2F)c1Br. The third kappa shape index (κ3) is 3.35. The zero-order chi connectivity index (χ0) is 14.0. The molecule has 19 heavy (non-hydrogen) atoms. The zero-order valence-corrected chi connectivity index (χ0v) is 12.7. The first-order chi connectivity index (χ1) is 8.99. The third-order valence-corrected chi connectivity index (χ3v) is 4.32. The van der Waals surface area contributed by atoms with Crippen LogP contribution >= 0.6 is 27.5 Å². The van der Waals surface area contributed by atoms with E-state index in [1.54, 1.807) is 6.07 Å². The number of aliphatic hydroxyl groups excluding tert-OH is 1. The van der Waals surface area contributed by atoms with Crippen LogP contribution in [0.4, 0.5) is 4.39 Å². The molecular formula is C15H13BrClFO. The van der Waals surface area contributed by atoms with Crippen molar-refractivity contribution in [2.75, 3.05) is 0 Å². The number of hydrogen-bond donors (Lipinski definition) is 1. The molecule has 1 nitrogen and oxygen atoms in total. The van der Waals surface area contributed by atoms with Crippen LogP contribution in [0.15, 0.2) is 40.9 Å². The lowest BCUT2D eigenvalue weighted by Crippen LogP contribution is -2.05. The van der Waals surface area contributed by atoms with Crippen LogP contribution in [0, 0.1) is 12.7 Å². The molecule has 2 aromatic rings. The summed E-state index contributed by atoms with van der Waals surface area (Å²) in [5, 5.41) is 10.7. The van der Waals surface area contributed by atoms with E-state index in [2.05, 4.69) is 15.9 Å². The smallest absolute Gasteiger partial charge is 0.126 e. The van der Waals surface area contributed by atoms with Crippen molar-refractivity contribution in [2.45, 2.75) is 19.4 Å². The van der Waals surface area contributed by atoms with Crippen molar-refractivity contribution in [3.05, 3.63) is 68.4 Å². The first-order valence-corrected chi connectivity index (χ1v) is 7.03. The Morgan fingerprint density at radius 3 is 2.79 bits per heavy atom. The van der Waals surface area contributed by atoms with Crippen molar-refractivity contribution in [3.63, 3.8) is 0 Å². The van der Waals surface area contributed by atoms with Gasteiger partial charge in [0.15, 0.2) is 0 Å². The maximum atomic E-state index is 13.6. The van der Waals surface area contributed by atoms with E-state index < -0.39 is 6.10 Å². The molecule has 100 valence electrons. The third-order valence-electron chi connectivity index (χ3n) is 3.00. The molecule has 0 aliphatic rings. The molecule has 1 unspecified atom stereocenters. The van der Waals surface area contributed by atoms with Gasteiger partial charge in [-0.15, -0.1) is 0 Å². The number of aryl methyl sites for hydroxylation is 1. The van der Waals surface area contributed by atoms with Gasteiger partial charge in [-0.3, -0.25) is 0 Å². The maximum absolute atomic E-state index is 13.6. The molecule has 1 atom stereocenters. The van der Waals surface area contributed by atoms with Gasteiger partial charge in [0.2, 0.25) is 0 Å². The molecule has 2 aromatic carbocycles. The molecule has 4 heteroatoms. The highest BCUT2D eigenvalue weighted by Crippen LogP contribution is 2.29. The zero-order valence-electron chi connectivity index (χ0n) is 10.3. The molecule has 0 amide bonds. The fraction of sp³-hybridized carbons (Fsp3) is 0.200. The second kappa shape index (κ2) is 6.04. The minimum absolute atomic E-state index is 0.189. The summed E-state index contributed by atoms with van der Waals surface area (Å²) >= 11 is 9.29. The van der Waals surface area contributed by atoms with E-state index in [0.29, 0.717) is 10.6 Å². The van der Waals surface area contributed by atoms with Gasteiger partial charge in [0, 0.05) is 15.9 Å². The first kappa shape index (κ1) is 14.5. The van der Waals surface area contributed by atoms with E-state index in [1.807, 2.05) is 25.1 Å². The Morgan fingerprint density at radius 1 is 1.32 bits per heavy atom. The van der Waals surface area contributed by atoms with Crippen molar-refractivity contribution < 1.29 is 9.50 Å². The number of rotatable bonds is 3. The van der Waals surface area contributed by atoms with Gasteiger partial charge in [0.1, 0.15) is 5.82 Å². The highest BCUT2D eigenvalue weighted by atomic mass is 79.9. The molecule has 2 rings (SSSR count). The Bertz CT molecular complexity index is 601. The normalized spacial score (nSPS) is 12.5. The highest BCUT2D eigenvalue weighted by molar-refractivity contribution is 9.10. The highest BCUT2D eigenvalue weighted by Gasteiger charge is 2.15. The van der Waals surface area contributed by atoms with Gasteiger partial charge in [-0.1, -0.05) is 45.7 Å². The molecule has 0 fully saturated rings. The Hall–Kier alpha value is -0.900. The van der Waals surface area contributed by atoms with Crippen molar-refractivity contribution in [1.29, 1.82) is 0 Å². The maximum Gasteiger partial charge on any atom is 0.126 e. The molecular weight excluding hydrogens is 331 g/mol. The number of hydrogen-bond acceptors (Lipinski definition) is 1.